The smallest absolute Gasteiger partial charge is 0.318 e. The minimum Gasteiger partial charge on any atom is -0.318 e. The largest absolute Gasteiger partial charge is 0.344 e. The molecule has 2 atom stereocenters. The standard InChI is InChI=1S/C24H30N4O3/c1-5-17-11-13-18(14-12-17)21(16(2)3)25-15-20(29)27-28-22(30)24(4,26-23(28)31)19-9-7-6-8-10-19/h6-14,16,21,25H,5,15H2,1-4H3,(H,26,31)(H,27,29)/t21-,24-/m1/s1. The number of imide groups is 1. The summed E-state index contributed by atoms with van der Waals surface area (Å²) in [6, 6.07) is 16.6. The third-order valence-electron chi connectivity index (χ3n) is 5.67. The second-order valence-corrected chi connectivity index (χ2v) is 8.29. The molecule has 0 unspecified atom stereocenters. The van der Waals surface area contributed by atoms with E-state index < -0.39 is 23.4 Å². The number of hydrogen-bond donors (Lipinski definition) is 3. The predicted octanol–water partition coefficient (Wildman–Crippen LogP) is 3.03. The first kappa shape index (κ1) is 22.5. The number of amides is 4. The fourth-order valence-corrected chi connectivity index (χ4v) is 3.77. The first-order valence-corrected chi connectivity index (χ1v) is 10.6. The summed E-state index contributed by atoms with van der Waals surface area (Å²) in [4.78, 5) is 37.9. The highest BCUT2D eigenvalue weighted by Gasteiger charge is 2.49. The average molecular weight is 423 g/mol. The Bertz CT molecular complexity index is 943. The second kappa shape index (κ2) is 9.31. The Balaban J connectivity index is 1.64. The van der Waals surface area contributed by atoms with Crippen LogP contribution in [0.3, 0.4) is 0 Å². The normalized spacial score (nSPS) is 19.5. The van der Waals surface area contributed by atoms with E-state index in [-0.39, 0.29) is 18.5 Å². The lowest BCUT2D eigenvalue weighted by atomic mass is 9.92. The summed E-state index contributed by atoms with van der Waals surface area (Å²) < 4.78 is 0. The van der Waals surface area contributed by atoms with Gasteiger partial charge in [-0.3, -0.25) is 15.0 Å². The third-order valence-corrected chi connectivity index (χ3v) is 5.67. The van der Waals surface area contributed by atoms with Crippen LogP contribution in [0.25, 0.3) is 0 Å². The van der Waals surface area contributed by atoms with Crippen LogP contribution in [0.4, 0.5) is 4.79 Å². The minimum atomic E-state index is -1.22. The highest BCUT2D eigenvalue weighted by molar-refractivity contribution is 6.08. The number of rotatable bonds is 8. The van der Waals surface area contributed by atoms with Gasteiger partial charge in [-0.2, -0.15) is 5.01 Å². The van der Waals surface area contributed by atoms with Crippen molar-refractivity contribution in [1.82, 2.24) is 21.1 Å². The van der Waals surface area contributed by atoms with Gasteiger partial charge in [0.2, 0.25) is 0 Å². The number of nitrogens with zero attached hydrogens (tertiary/aromatic N) is 1. The molecular weight excluding hydrogens is 392 g/mol. The van der Waals surface area contributed by atoms with Crippen LogP contribution in [0, 0.1) is 5.92 Å². The van der Waals surface area contributed by atoms with Gasteiger partial charge in [0.05, 0.1) is 6.54 Å². The summed E-state index contributed by atoms with van der Waals surface area (Å²) >= 11 is 0. The molecule has 7 nitrogen and oxygen atoms in total. The van der Waals surface area contributed by atoms with E-state index in [4.69, 9.17) is 0 Å². The molecule has 31 heavy (non-hydrogen) atoms. The minimum absolute atomic E-state index is 0.0303. The quantitative estimate of drug-likeness (QED) is 0.571. The van der Waals surface area contributed by atoms with Gasteiger partial charge in [-0.05, 0) is 36.0 Å². The van der Waals surface area contributed by atoms with Gasteiger partial charge in [0.1, 0.15) is 5.54 Å². The van der Waals surface area contributed by atoms with E-state index in [1.165, 1.54) is 5.56 Å². The molecule has 7 heteroatoms. The predicted molar refractivity (Wildman–Crippen MR) is 119 cm³/mol. The van der Waals surface area contributed by atoms with E-state index in [0.717, 1.165) is 17.0 Å². The summed E-state index contributed by atoms with van der Waals surface area (Å²) in [6.07, 6.45) is 0.969. The number of nitrogens with one attached hydrogen (secondary N) is 3. The lowest BCUT2D eigenvalue weighted by molar-refractivity contribution is -0.138. The van der Waals surface area contributed by atoms with Crippen molar-refractivity contribution in [2.45, 2.75) is 45.7 Å². The number of hydrazine groups is 1. The van der Waals surface area contributed by atoms with Crippen molar-refractivity contribution in [3.63, 3.8) is 0 Å². The molecule has 2 aromatic rings. The number of carbonyl (C=O) groups is 3. The van der Waals surface area contributed by atoms with Gasteiger partial charge >= 0.3 is 6.03 Å². The molecular formula is C24H30N4O3. The zero-order chi connectivity index (χ0) is 22.6. The average Bonchev–Trinajstić information content (AvgIpc) is 2.98. The highest BCUT2D eigenvalue weighted by Crippen LogP contribution is 2.27. The molecule has 4 amide bonds. The molecule has 0 aromatic heterocycles. The lowest BCUT2D eigenvalue weighted by Crippen LogP contribution is -2.50. The van der Waals surface area contributed by atoms with Crippen molar-refractivity contribution in [2.75, 3.05) is 6.54 Å². The molecule has 0 bridgehead atoms. The molecule has 1 heterocycles. The Morgan fingerprint density at radius 1 is 1.06 bits per heavy atom. The molecule has 1 aliphatic rings. The van der Waals surface area contributed by atoms with Crippen molar-refractivity contribution in [2.24, 2.45) is 5.92 Å². The van der Waals surface area contributed by atoms with Crippen molar-refractivity contribution >= 4 is 17.8 Å². The number of aryl methyl sites for hydroxylation is 1. The Hall–Kier alpha value is -3.19. The zero-order valence-electron chi connectivity index (χ0n) is 18.4. The van der Waals surface area contributed by atoms with Gasteiger partial charge in [-0.15, -0.1) is 0 Å². The molecule has 1 aliphatic heterocycles. The Labute approximate surface area is 183 Å². The molecule has 2 aromatic carbocycles. The maximum Gasteiger partial charge on any atom is 0.344 e. The summed E-state index contributed by atoms with van der Waals surface area (Å²) in [5.41, 5.74) is 4.21. The third kappa shape index (κ3) is 4.77. The van der Waals surface area contributed by atoms with Crippen molar-refractivity contribution < 1.29 is 14.4 Å². The van der Waals surface area contributed by atoms with Crippen LogP contribution in [0.15, 0.2) is 54.6 Å². The summed E-state index contributed by atoms with van der Waals surface area (Å²) in [6.45, 7) is 7.85. The molecule has 3 N–H and O–H groups in total. The molecule has 1 fully saturated rings. The van der Waals surface area contributed by atoms with E-state index in [1.54, 1.807) is 31.2 Å². The van der Waals surface area contributed by atoms with E-state index in [1.807, 2.05) is 6.07 Å². The fraction of sp³-hybridized carbons (Fsp3) is 0.375. The van der Waals surface area contributed by atoms with Gasteiger partial charge in [0.15, 0.2) is 0 Å². The van der Waals surface area contributed by atoms with E-state index in [0.29, 0.717) is 5.56 Å². The maximum atomic E-state index is 12.9. The van der Waals surface area contributed by atoms with Gasteiger partial charge in [-0.1, -0.05) is 75.4 Å². The van der Waals surface area contributed by atoms with Crippen LogP contribution in [0.5, 0.6) is 0 Å². The number of benzene rings is 2. The first-order valence-electron chi connectivity index (χ1n) is 10.6. The number of carbonyl (C=O) groups excluding carboxylic acids is 3. The molecule has 164 valence electrons. The van der Waals surface area contributed by atoms with Gasteiger partial charge in [0.25, 0.3) is 11.8 Å². The van der Waals surface area contributed by atoms with Crippen LogP contribution in [-0.4, -0.2) is 29.4 Å². The van der Waals surface area contributed by atoms with Crippen molar-refractivity contribution in [1.29, 1.82) is 0 Å². The molecule has 0 spiro atoms. The van der Waals surface area contributed by atoms with E-state index >= 15 is 0 Å². The fourth-order valence-electron chi connectivity index (χ4n) is 3.77. The van der Waals surface area contributed by atoms with Crippen LogP contribution in [-0.2, 0) is 21.5 Å². The van der Waals surface area contributed by atoms with E-state index in [2.05, 4.69) is 61.1 Å². The SMILES string of the molecule is CCc1ccc([C@H](NCC(=O)NN2C(=O)N[C@](C)(c3ccccc3)C2=O)C(C)C)cc1. The molecule has 0 saturated carbocycles. The molecule has 3 rings (SSSR count). The Kier molecular flexibility index (Phi) is 6.75. The van der Waals surface area contributed by atoms with Crippen molar-refractivity contribution in [3.8, 4) is 0 Å². The summed E-state index contributed by atoms with van der Waals surface area (Å²) in [7, 11) is 0. The molecule has 1 saturated heterocycles. The highest BCUT2D eigenvalue weighted by atomic mass is 16.2. The van der Waals surface area contributed by atoms with Crippen LogP contribution >= 0.6 is 0 Å². The summed E-state index contributed by atoms with van der Waals surface area (Å²) in [5.74, 6) is -0.734. The topological polar surface area (TPSA) is 90.5 Å². The lowest BCUT2D eigenvalue weighted by Gasteiger charge is -2.24. The van der Waals surface area contributed by atoms with Crippen LogP contribution in [0.1, 0.15) is 50.4 Å². The zero-order valence-corrected chi connectivity index (χ0v) is 18.4. The molecule has 0 aliphatic carbocycles. The monoisotopic (exact) mass is 422 g/mol. The Morgan fingerprint density at radius 3 is 2.29 bits per heavy atom. The van der Waals surface area contributed by atoms with E-state index in [9.17, 15) is 14.4 Å². The van der Waals surface area contributed by atoms with Gasteiger partial charge in [-0.25, -0.2) is 4.79 Å². The number of urea groups is 1. The van der Waals surface area contributed by atoms with Crippen molar-refractivity contribution in [3.05, 3.63) is 71.3 Å². The Morgan fingerprint density at radius 2 is 1.71 bits per heavy atom. The summed E-state index contributed by atoms with van der Waals surface area (Å²) in [5, 5.41) is 6.68. The maximum absolute atomic E-state index is 12.9. The number of hydrogen-bond acceptors (Lipinski definition) is 4. The van der Waals surface area contributed by atoms with Crippen LogP contribution in [0.2, 0.25) is 0 Å². The van der Waals surface area contributed by atoms with Gasteiger partial charge in [0, 0.05) is 6.04 Å². The molecule has 0 radical (unpaired) electrons. The van der Waals surface area contributed by atoms with Crippen LogP contribution < -0.4 is 16.1 Å². The van der Waals surface area contributed by atoms with Gasteiger partial charge < -0.3 is 10.6 Å². The first-order chi connectivity index (χ1) is 14.8. The second-order valence-electron chi connectivity index (χ2n) is 8.29.